The number of halogens is 4. The molecule has 0 aliphatic carbocycles. The first kappa shape index (κ1) is 22.2. The van der Waals surface area contributed by atoms with Crippen LogP contribution < -0.4 is 10.0 Å². The highest BCUT2D eigenvalue weighted by atomic mass is 79.9. The Kier molecular flexibility index (Phi) is 7.75. The minimum absolute atomic E-state index is 0.309. The molecule has 0 fully saturated rings. The van der Waals surface area contributed by atoms with E-state index in [2.05, 4.69) is 26.1 Å². The molecule has 0 saturated carbocycles. The van der Waals surface area contributed by atoms with Gasteiger partial charge < -0.3 is 20.1 Å². The highest BCUT2D eigenvalue weighted by Crippen LogP contribution is 2.30. The fourth-order valence-corrected chi connectivity index (χ4v) is 3.90. The van der Waals surface area contributed by atoms with Gasteiger partial charge in [-0.25, -0.2) is 4.98 Å². The van der Waals surface area contributed by atoms with E-state index in [-0.39, 0.29) is 6.04 Å². The van der Waals surface area contributed by atoms with Crippen molar-refractivity contribution in [2.45, 2.75) is 32.3 Å². The molecule has 0 aliphatic heterocycles. The Balaban J connectivity index is 2.16. The average Bonchev–Trinajstić information content (AvgIpc) is 2.97. The summed E-state index contributed by atoms with van der Waals surface area (Å²) in [5.41, 5.74) is -0.0171. The Hall–Kier alpha value is -1.07. The fourth-order valence-electron chi connectivity index (χ4n) is 2.64. The second kappa shape index (κ2) is 9.42. The van der Waals surface area contributed by atoms with Gasteiger partial charge in [-0.15, -0.1) is 0 Å². The van der Waals surface area contributed by atoms with Crippen LogP contribution in [0, 0.1) is 0 Å². The van der Waals surface area contributed by atoms with Crippen LogP contribution in [-0.2, 0) is 12.6 Å². The van der Waals surface area contributed by atoms with Gasteiger partial charge in [0.15, 0.2) is 5.13 Å². The largest absolute Gasteiger partial charge is 0.437 e. The van der Waals surface area contributed by atoms with E-state index in [1.54, 1.807) is 24.7 Å². The average molecular weight is 464 g/mol. The minimum Gasteiger partial charge on any atom is -0.437 e. The Morgan fingerprint density at radius 2 is 1.89 bits per heavy atom. The first-order valence-corrected chi connectivity index (χ1v) is 9.83. The number of hydrogen-bond acceptors (Lipinski definition) is 6. The summed E-state index contributed by atoms with van der Waals surface area (Å²) in [5.74, 6) is 0. The minimum atomic E-state index is -4.38. The van der Waals surface area contributed by atoms with E-state index in [0.717, 1.165) is 15.9 Å². The van der Waals surface area contributed by atoms with Crippen molar-refractivity contribution in [3.05, 3.63) is 45.4 Å². The molecule has 1 unspecified atom stereocenters. The molecular formula is C15H19B2BrF3N3O2S. The van der Waals surface area contributed by atoms with Crippen LogP contribution in [0.5, 0.6) is 0 Å². The molecule has 0 spiro atoms. The van der Waals surface area contributed by atoms with Gasteiger partial charge in [0, 0.05) is 12.6 Å². The molecule has 0 amide bonds. The summed E-state index contributed by atoms with van der Waals surface area (Å²) in [6, 6.07) is 4.61. The van der Waals surface area contributed by atoms with Gasteiger partial charge in [-0.3, -0.25) is 0 Å². The van der Waals surface area contributed by atoms with Crippen molar-refractivity contribution < 1.29 is 23.2 Å². The van der Waals surface area contributed by atoms with Crippen LogP contribution in [0.25, 0.3) is 0 Å². The zero-order chi connectivity index (χ0) is 20.2. The fraction of sp³-hybridized carbons (Fsp3) is 0.400. The molecule has 1 aromatic heterocycles. The topological polar surface area (TPSA) is 68.6 Å². The number of rotatable bonds is 8. The Labute approximate surface area is 169 Å². The molecule has 0 bridgehead atoms. The van der Waals surface area contributed by atoms with E-state index in [9.17, 15) is 23.2 Å². The quantitative estimate of drug-likeness (QED) is 0.525. The lowest BCUT2D eigenvalue weighted by Crippen LogP contribution is -2.51. The molecule has 27 heavy (non-hydrogen) atoms. The van der Waals surface area contributed by atoms with Crippen LogP contribution >= 0.6 is 27.3 Å². The molecule has 5 nitrogen and oxygen atoms in total. The number of aromatic nitrogens is 1. The third-order valence-electron chi connectivity index (χ3n) is 3.82. The maximum absolute atomic E-state index is 12.7. The summed E-state index contributed by atoms with van der Waals surface area (Å²) in [4.78, 5) is 5.90. The van der Waals surface area contributed by atoms with E-state index in [0.29, 0.717) is 23.7 Å². The van der Waals surface area contributed by atoms with E-state index < -0.39 is 25.8 Å². The summed E-state index contributed by atoms with van der Waals surface area (Å²) >= 11 is 4.69. The lowest BCUT2D eigenvalue weighted by atomic mass is 9.82. The van der Waals surface area contributed by atoms with Crippen molar-refractivity contribution in [1.29, 1.82) is 0 Å². The maximum atomic E-state index is 12.7. The van der Waals surface area contributed by atoms with Crippen LogP contribution in [0.15, 0.2) is 34.2 Å². The van der Waals surface area contributed by atoms with Crippen molar-refractivity contribution in [2.75, 3.05) is 11.4 Å². The summed E-state index contributed by atoms with van der Waals surface area (Å²) < 4.78 is 39.0. The predicted molar refractivity (Wildman–Crippen MR) is 107 cm³/mol. The van der Waals surface area contributed by atoms with Crippen molar-refractivity contribution >= 4 is 46.5 Å². The SMILES string of the molecule is CB(O)NC(Cc1ccc(C(F)(F)F)cc1)CN(B(C)O)c1ncc(Br)s1. The number of hydrogen-bond donors (Lipinski definition) is 3. The van der Waals surface area contributed by atoms with Gasteiger partial charge >= 0.3 is 20.3 Å². The molecule has 1 heterocycles. The normalized spacial score (nSPS) is 12.7. The van der Waals surface area contributed by atoms with E-state index in [1.807, 2.05) is 0 Å². The van der Waals surface area contributed by atoms with Gasteiger partial charge in [0.05, 0.1) is 15.5 Å². The Morgan fingerprint density at radius 1 is 1.26 bits per heavy atom. The molecule has 2 aromatic rings. The molecule has 1 aromatic carbocycles. The van der Waals surface area contributed by atoms with Gasteiger partial charge in [-0.05, 0) is 53.7 Å². The van der Waals surface area contributed by atoms with Crippen LogP contribution in [0.1, 0.15) is 11.1 Å². The second-order valence-corrected chi connectivity index (χ2v) is 8.56. The first-order chi connectivity index (χ1) is 12.6. The molecular weight excluding hydrogens is 445 g/mol. The second-order valence-electron chi connectivity index (χ2n) is 6.17. The zero-order valence-electron chi connectivity index (χ0n) is 14.7. The molecule has 2 rings (SSSR count). The van der Waals surface area contributed by atoms with Crippen molar-refractivity contribution in [2.24, 2.45) is 0 Å². The summed E-state index contributed by atoms with van der Waals surface area (Å²) in [6.45, 7) is 3.48. The number of benzene rings is 1. The molecule has 0 aliphatic rings. The predicted octanol–water partition coefficient (Wildman–Crippen LogP) is 3.15. The zero-order valence-corrected chi connectivity index (χ0v) is 17.1. The Morgan fingerprint density at radius 3 is 2.33 bits per heavy atom. The third kappa shape index (κ3) is 6.79. The van der Waals surface area contributed by atoms with E-state index in [4.69, 9.17) is 0 Å². The number of nitrogens with zero attached hydrogens (tertiary/aromatic N) is 2. The standard InChI is InChI=1S/C15H19B2BrF3N3O2S/c1-16(25)23-12(7-10-3-5-11(6-4-10)15(19,20)21)9-24(17(2)26)14-22-8-13(18)27-14/h3-6,8,12,23,25-26H,7,9H2,1-2H3. The van der Waals surface area contributed by atoms with E-state index >= 15 is 0 Å². The van der Waals surface area contributed by atoms with Crippen molar-refractivity contribution in [3.8, 4) is 0 Å². The molecule has 0 radical (unpaired) electrons. The van der Waals surface area contributed by atoms with Gasteiger partial charge in [-0.2, -0.15) is 13.2 Å². The maximum Gasteiger partial charge on any atom is 0.416 e. The van der Waals surface area contributed by atoms with Gasteiger partial charge in [0.1, 0.15) is 0 Å². The Bertz CT molecular complexity index is 732. The van der Waals surface area contributed by atoms with Gasteiger partial charge in [0.25, 0.3) is 0 Å². The molecule has 146 valence electrons. The van der Waals surface area contributed by atoms with Crippen molar-refractivity contribution in [3.63, 3.8) is 0 Å². The summed E-state index contributed by atoms with van der Waals surface area (Å²) in [7, 11) is -1.64. The lowest BCUT2D eigenvalue weighted by Gasteiger charge is -2.29. The monoisotopic (exact) mass is 463 g/mol. The van der Waals surface area contributed by atoms with Gasteiger partial charge in [0.2, 0.25) is 0 Å². The highest BCUT2D eigenvalue weighted by Gasteiger charge is 2.30. The summed E-state index contributed by atoms with van der Waals surface area (Å²) in [6.07, 6.45) is -2.38. The summed E-state index contributed by atoms with van der Waals surface area (Å²) in [5, 5.41) is 23.4. The van der Waals surface area contributed by atoms with Gasteiger partial charge in [-0.1, -0.05) is 23.5 Å². The van der Waals surface area contributed by atoms with Crippen LogP contribution in [0.3, 0.4) is 0 Å². The number of thiazole rings is 1. The van der Waals surface area contributed by atoms with Crippen LogP contribution in [0.2, 0.25) is 13.6 Å². The van der Waals surface area contributed by atoms with Crippen LogP contribution in [-0.4, -0.2) is 41.7 Å². The number of nitrogens with one attached hydrogen (secondary N) is 1. The lowest BCUT2D eigenvalue weighted by molar-refractivity contribution is -0.137. The third-order valence-corrected chi connectivity index (χ3v) is 5.33. The first-order valence-electron chi connectivity index (χ1n) is 8.22. The number of anilines is 1. The van der Waals surface area contributed by atoms with E-state index in [1.165, 1.54) is 23.5 Å². The molecule has 0 saturated heterocycles. The van der Waals surface area contributed by atoms with Crippen LogP contribution in [0.4, 0.5) is 18.3 Å². The smallest absolute Gasteiger partial charge is 0.416 e. The molecule has 3 N–H and O–H groups in total. The molecule has 1 atom stereocenters. The molecule has 12 heteroatoms. The number of alkyl halides is 3. The highest BCUT2D eigenvalue weighted by molar-refractivity contribution is 9.11. The van der Waals surface area contributed by atoms with Crippen molar-refractivity contribution in [1.82, 2.24) is 10.2 Å².